The Kier molecular flexibility index (Phi) is 4.22. The summed E-state index contributed by atoms with van der Waals surface area (Å²) in [5.41, 5.74) is 3.30. The Morgan fingerprint density at radius 2 is 2.21 bits per heavy atom. The van der Waals surface area contributed by atoms with Crippen LogP contribution >= 0.6 is 0 Å². The number of aryl methyl sites for hydroxylation is 2. The van der Waals surface area contributed by atoms with Gasteiger partial charge in [0.1, 0.15) is 6.04 Å². The van der Waals surface area contributed by atoms with E-state index in [-0.39, 0.29) is 18.6 Å². The molecule has 0 radical (unpaired) electrons. The van der Waals surface area contributed by atoms with Gasteiger partial charge in [-0.15, -0.1) is 0 Å². The molecule has 2 rings (SSSR count). The molecule has 19 heavy (non-hydrogen) atoms. The molecule has 1 amide bonds. The van der Waals surface area contributed by atoms with E-state index in [1.165, 1.54) is 5.56 Å². The van der Waals surface area contributed by atoms with Crippen LogP contribution in [0.15, 0.2) is 18.2 Å². The average molecular weight is 262 g/mol. The summed E-state index contributed by atoms with van der Waals surface area (Å²) >= 11 is 0. The second-order valence-corrected chi connectivity index (χ2v) is 5.14. The Morgan fingerprint density at radius 3 is 2.84 bits per heavy atom. The summed E-state index contributed by atoms with van der Waals surface area (Å²) in [4.78, 5) is 14.3. The maximum absolute atomic E-state index is 12.5. The molecule has 0 spiro atoms. The van der Waals surface area contributed by atoms with Crippen molar-refractivity contribution in [2.45, 2.75) is 39.3 Å². The van der Waals surface area contributed by atoms with Crippen LogP contribution in [0.4, 0.5) is 5.69 Å². The average Bonchev–Trinajstić information content (AvgIpc) is 2.40. The standard InChI is InChI=1S/C15H22N2O2/c1-4-12-7-5-6-10(2)14(12)17-11(3)8-16-13(9-18)15(17)19/h5-7,11,13,16,18H,4,8-9H2,1-3H3. The number of para-hydroxylation sites is 1. The second kappa shape index (κ2) is 5.72. The minimum absolute atomic E-state index is 0.0368. The van der Waals surface area contributed by atoms with Gasteiger partial charge in [0.25, 0.3) is 0 Å². The second-order valence-electron chi connectivity index (χ2n) is 5.14. The summed E-state index contributed by atoms with van der Waals surface area (Å²) in [6.07, 6.45) is 0.894. The fraction of sp³-hybridized carbons (Fsp3) is 0.533. The highest BCUT2D eigenvalue weighted by Gasteiger charge is 2.34. The molecule has 0 saturated carbocycles. The maximum atomic E-state index is 12.5. The van der Waals surface area contributed by atoms with Crippen molar-refractivity contribution >= 4 is 11.6 Å². The fourth-order valence-electron chi connectivity index (χ4n) is 2.70. The van der Waals surface area contributed by atoms with Gasteiger partial charge in [0.15, 0.2) is 0 Å². The highest BCUT2D eigenvalue weighted by atomic mass is 16.3. The Balaban J connectivity index is 2.46. The summed E-state index contributed by atoms with van der Waals surface area (Å²) < 4.78 is 0. The molecule has 4 nitrogen and oxygen atoms in total. The molecule has 2 unspecified atom stereocenters. The van der Waals surface area contributed by atoms with E-state index in [2.05, 4.69) is 18.3 Å². The molecule has 4 heteroatoms. The first kappa shape index (κ1) is 14.0. The minimum atomic E-state index is -0.486. The molecule has 0 bridgehead atoms. The molecule has 1 saturated heterocycles. The lowest BCUT2D eigenvalue weighted by Gasteiger charge is -2.39. The number of amides is 1. The van der Waals surface area contributed by atoms with Crippen LogP contribution in [0, 0.1) is 6.92 Å². The van der Waals surface area contributed by atoms with Crippen LogP contribution < -0.4 is 10.2 Å². The van der Waals surface area contributed by atoms with Crippen LogP contribution in [0.1, 0.15) is 25.0 Å². The normalized spacial score (nSPS) is 23.8. The van der Waals surface area contributed by atoms with Crippen LogP contribution in [0.25, 0.3) is 0 Å². The number of rotatable bonds is 3. The number of benzene rings is 1. The van der Waals surface area contributed by atoms with Crippen LogP contribution in [0.3, 0.4) is 0 Å². The zero-order valence-corrected chi connectivity index (χ0v) is 11.8. The van der Waals surface area contributed by atoms with Gasteiger partial charge in [-0.05, 0) is 31.4 Å². The van der Waals surface area contributed by atoms with Crippen molar-refractivity contribution in [2.75, 3.05) is 18.1 Å². The molecule has 1 aliphatic rings. The first-order chi connectivity index (χ1) is 9.10. The quantitative estimate of drug-likeness (QED) is 0.862. The van der Waals surface area contributed by atoms with Crippen LogP contribution in [-0.2, 0) is 11.2 Å². The van der Waals surface area contributed by atoms with E-state index in [0.29, 0.717) is 6.54 Å². The number of aliphatic hydroxyl groups is 1. The van der Waals surface area contributed by atoms with Crippen molar-refractivity contribution in [3.8, 4) is 0 Å². The highest BCUT2D eigenvalue weighted by Crippen LogP contribution is 2.29. The number of hydrogen-bond donors (Lipinski definition) is 2. The lowest BCUT2D eigenvalue weighted by molar-refractivity contribution is -0.123. The third kappa shape index (κ3) is 2.51. The van der Waals surface area contributed by atoms with Crippen molar-refractivity contribution in [1.82, 2.24) is 5.32 Å². The summed E-state index contributed by atoms with van der Waals surface area (Å²) in [6, 6.07) is 5.74. The molecular weight excluding hydrogens is 240 g/mol. The van der Waals surface area contributed by atoms with Gasteiger partial charge in [-0.2, -0.15) is 0 Å². The molecule has 2 N–H and O–H groups in total. The molecule has 1 heterocycles. The van der Waals surface area contributed by atoms with Gasteiger partial charge >= 0.3 is 0 Å². The first-order valence-electron chi connectivity index (χ1n) is 6.86. The van der Waals surface area contributed by atoms with E-state index in [0.717, 1.165) is 17.7 Å². The SMILES string of the molecule is CCc1cccc(C)c1N1C(=O)C(CO)NCC1C. The topological polar surface area (TPSA) is 52.6 Å². The van der Waals surface area contributed by atoms with Crippen molar-refractivity contribution in [3.05, 3.63) is 29.3 Å². The third-order valence-corrected chi connectivity index (χ3v) is 3.76. The zero-order chi connectivity index (χ0) is 14.0. The molecule has 1 fully saturated rings. The highest BCUT2D eigenvalue weighted by molar-refractivity contribution is 6.00. The van der Waals surface area contributed by atoms with Crippen LogP contribution in [0.5, 0.6) is 0 Å². The molecule has 2 atom stereocenters. The number of carbonyl (C=O) groups excluding carboxylic acids is 1. The predicted molar refractivity (Wildman–Crippen MR) is 76.4 cm³/mol. The van der Waals surface area contributed by atoms with Gasteiger partial charge in [0.2, 0.25) is 5.91 Å². The van der Waals surface area contributed by atoms with Gasteiger partial charge < -0.3 is 15.3 Å². The van der Waals surface area contributed by atoms with E-state index in [1.807, 2.05) is 30.9 Å². The number of aliphatic hydroxyl groups excluding tert-OH is 1. The molecular formula is C15H22N2O2. The van der Waals surface area contributed by atoms with E-state index < -0.39 is 6.04 Å². The van der Waals surface area contributed by atoms with Gasteiger partial charge in [-0.1, -0.05) is 25.1 Å². The Labute approximate surface area is 114 Å². The van der Waals surface area contributed by atoms with Crippen molar-refractivity contribution in [1.29, 1.82) is 0 Å². The lowest BCUT2D eigenvalue weighted by Crippen LogP contribution is -2.61. The Hall–Kier alpha value is -1.39. The summed E-state index contributed by atoms with van der Waals surface area (Å²) in [5.74, 6) is -0.0368. The number of anilines is 1. The number of nitrogens with one attached hydrogen (secondary N) is 1. The van der Waals surface area contributed by atoms with E-state index >= 15 is 0 Å². The minimum Gasteiger partial charge on any atom is -0.394 e. The smallest absolute Gasteiger partial charge is 0.246 e. The van der Waals surface area contributed by atoms with Crippen LogP contribution in [-0.4, -0.2) is 36.2 Å². The van der Waals surface area contributed by atoms with Gasteiger partial charge in [-0.25, -0.2) is 0 Å². The number of hydrogen-bond acceptors (Lipinski definition) is 3. The number of piperazine rings is 1. The van der Waals surface area contributed by atoms with Crippen molar-refractivity contribution in [2.24, 2.45) is 0 Å². The zero-order valence-electron chi connectivity index (χ0n) is 11.8. The molecule has 0 aliphatic carbocycles. The number of carbonyl (C=O) groups is 1. The first-order valence-corrected chi connectivity index (χ1v) is 6.86. The number of nitrogens with zero attached hydrogens (tertiary/aromatic N) is 1. The molecule has 1 aliphatic heterocycles. The molecule has 1 aromatic carbocycles. The molecule has 1 aromatic rings. The van der Waals surface area contributed by atoms with E-state index in [1.54, 1.807) is 0 Å². The maximum Gasteiger partial charge on any atom is 0.246 e. The van der Waals surface area contributed by atoms with Gasteiger partial charge in [0, 0.05) is 12.6 Å². The van der Waals surface area contributed by atoms with E-state index in [4.69, 9.17) is 0 Å². The van der Waals surface area contributed by atoms with Crippen molar-refractivity contribution < 1.29 is 9.90 Å². The van der Waals surface area contributed by atoms with Crippen molar-refractivity contribution in [3.63, 3.8) is 0 Å². The van der Waals surface area contributed by atoms with Crippen LogP contribution in [0.2, 0.25) is 0 Å². The van der Waals surface area contributed by atoms with Gasteiger partial charge in [-0.3, -0.25) is 4.79 Å². The van der Waals surface area contributed by atoms with Gasteiger partial charge in [0.05, 0.1) is 12.3 Å². The summed E-state index contributed by atoms with van der Waals surface area (Å²) in [5, 5.41) is 12.4. The lowest BCUT2D eigenvalue weighted by atomic mass is 10.0. The summed E-state index contributed by atoms with van der Waals surface area (Å²) in [7, 11) is 0. The monoisotopic (exact) mass is 262 g/mol. The molecule has 0 aromatic heterocycles. The summed E-state index contributed by atoms with van der Waals surface area (Å²) in [6.45, 7) is 6.71. The predicted octanol–water partition coefficient (Wildman–Crippen LogP) is 1.24. The fourth-order valence-corrected chi connectivity index (χ4v) is 2.70. The van der Waals surface area contributed by atoms with E-state index in [9.17, 15) is 9.90 Å². The Morgan fingerprint density at radius 1 is 1.47 bits per heavy atom. The third-order valence-electron chi connectivity index (χ3n) is 3.76. The largest absolute Gasteiger partial charge is 0.394 e. The molecule has 104 valence electrons. The Bertz CT molecular complexity index is 473.